The molecule has 2 nitrogen and oxygen atoms in total. The van der Waals surface area contributed by atoms with E-state index in [1.165, 1.54) is 10.5 Å². The van der Waals surface area contributed by atoms with Crippen LogP contribution >= 0.6 is 11.8 Å². The fourth-order valence-corrected chi connectivity index (χ4v) is 2.16. The Kier molecular flexibility index (Phi) is 5.50. The molecule has 1 aromatic carbocycles. The SMILES string of the molecule is CC(CO)Sc1ccc(CNC(C)(C)C)cc1. The van der Waals surface area contributed by atoms with Gasteiger partial charge in [-0.2, -0.15) is 0 Å². The largest absolute Gasteiger partial charge is 0.395 e. The molecule has 0 fully saturated rings. The van der Waals surface area contributed by atoms with E-state index in [4.69, 9.17) is 5.11 Å². The fraction of sp³-hybridized carbons (Fsp3) is 0.571. The normalized spacial score (nSPS) is 13.7. The number of aliphatic hydroxyl groups excluding tert-OH is 1. The van der Waals surface area contributed by atoms with E-state index in [0.717, 1.165) is 6.54 Å². The third kappa shape index (κ3) is 6.10. The first kappa shape index (κ1) is 14.6. The molecule has 0 saturated carbocycles. The van der Waals surface area contributed by atoms with E-state index in [1.807, 2.05) is 6.92 Å². The van der Waals surface area contributed by atoms with Gasteiger partial charge in [0.15, 0.2) is 0 Å². The summed E-state index contributed by atoms with van der Waals surface area (Å²) in [6.07, 6.45) is 0. The van der Waals surface area contributed by atoms with Gasteiger partial charge < -0.3 is 10.4 Å². The molecule has 2 N–H and O–H groups in total. The number of thioether (sulfide) groups is 1. The molecule has 96 valence electrons. The summed E-state index contributed by atoms with van der Waals surface area (Å²) in [6, 6.07) is 8.53. The lowest BCUT2D eigenvalue weighted by Crippen LogP contribution is -2.35. The molecule has 3 heteroatoms. The highest BCUT2D eigenvalue weighted by Crippen LogP contribution is 2.23. The topological polar surface area (TPSA) is 32.3 Å². The van der Waals surface area contributed by atoms with Crippen LogP contribution in [-0.4, -0.2) is 22.5 Å². The Hall–Kier alpha value is -0.510. The van der Waals surface area contributed by atoms with E-state index < -0.39 is 0 Å². The fourth-order valence-electron chi connectivity index (χ4n) is 1.32. The lowest BCUT2D eigenvalue weighted by atomic mass is 10.1. The van der Waals surface area contributed by atoms with E-state index in [0.29, 0.717) is 0 Å². The van der Waals surface area contributed by atoms with Crippen LogP contribution in [0.25, 0.3) is 0 Å². The molecular formula is C14H23NOS. The number of benzene rings is 1. The lowest BCUT2D eigenvalue weighted by Gasteiger charge is -2.20. The Labute approximate surface area is 109 Å². The molecule has 1 atom stereocenters. The first-order valence-corrected chi connectivity index (χ1v) is 6.90. The van der Waals surface area contributed by atoms with E-state index in [-0.39, 0.29) is 17.4 Å². The molecule has 0 bridgehead atoms. The van der Waals surface area contributed by atoms with Crippen LogP contribution in [0.3, 0.4) is 0 Å². The van der Waals surface area contributed by atoms with Crippen LogP contribution in [0.15, 0.2) is 29.2 Å². The molecule has 0 heterocycles. The van der Waals surface area contributed by atoms with Crippen LogP contribution in [0.5, 0.6) is 0 Å². The van der Waals surface area contributed by atoms with Crippen molar-refractivity contribution in [2.75, 3.05) is 6.61 Å². The van der Waals surface area contributed by atoms with Crippen molar-refractivity contribution < 1.29 is 5.11 Å². The highest BCUT2D eigenvalue weighted by Gasteiger charge is 2.08. The lowest BCUT2D eigenvalue weighted by molar-refractivity contribution is 0.300. The molecule has 0 amide bonds. The third-order valence-electron chi connectivity index (χ3n) is 2.34. The summed E-state index contributed by atoms with van der Waals surface area (Å²) in [6.45, 7) is 9.64. The second kappa shape index (κ2) is 6.43. The number of hydrogen-bond acceptors (Lipinski definition) is 3. The molecule has 0 aliphatic heterocycles. The molecular weight excluding hydrogens is 230 g/mol. The monoisotopic (exact) mass is 253 g/mol. The maximum Gasteiger partial charge on any atom is 0.0550 e. The van der Waals surface area contributed by atoms with Gasteiger partial charge in [0.2, 0.25) is 0 Å². The number of aliphatic hydroxyl groups is 1. The van der Waals surface area contributed by atoms with Crippen molar-refractivity contribution in [1.29, 1.82) is 0 Å². The zero-order valence-electron chi connectivity index (χ0n) is 11.2. The second-order valence-electron chi connectivity index (χ2n) is 5.36. The Morgan fingerprint density at radius 1 is 1.24 bits per heavy atom. The minimum absolute atomic E-state index is 0.152. The van der Waals surface area contributed by atoms with Crippen molar-refractivity contribution in [3.63, 3.8) is 0 Å². The maximum atomic E-state index is 8.99. The second-order valence-corrected chi connectivity index (χ2v) is 6.87. The van der Waals surface area contributed by atoms with E-state index in [2.05, 4.69) is 50.4 Å². The van der Waals surface area contributed by atoms with E-state index in [9.17, 15) is 0 Å². The van der Waals surface area contributed by atoms with Crippen LogP contribution in [-0.2, 0) is 6.54 Å². The van der Waals surface area contributed by atoms with Gasteiger partial charge in [-0.3, -0.25) is 0 Å². The van der Waals surface area contributed by atoms with Gasteiger partial charge in [-0.25, -0.2) is 0 Å². The molecule has 1 rings (SSSR count). The van der Waals surface area contributed by atoms with Gasteiger partial charge in [0, 0.05) is 22.2 Å². The Morgan fingerprint density at radius 2 is 1.82 bits per heavy atom. The Morgan fingerprint density at radius 3 is 2.29 bits per heavy atom. The number of hydrogen-bond donors (Lipinski definition) is 2. The molecule has 0 radical (unpaired) electrons. The quantitative estimate of drug-likeness (QED) is 0.791. The van der Waals surface area contributed by atoms with Gasteiger partial charge in [-0.05, 0) is 38.5 Å². The van der Waals surface area contributed by atoms with Crippen LogP contribution in [0.2, 0.25) is 0 Å². The molecule has 0 spiro atoms. The Balaban J connectivity index is 2.50. The van der Waals surface area contributed by atoms with Gasteiger partial charge in [0.1, 0.15) is 0 Å². The smallest absolute Gasteiger partial charge is 0.0550 e. The van der Waals surface area contributed by atoms with Crippen molar-refractivity contribution in [3.8, 4) is 0 Å². The van der Waals surface area contributed by atoms with Gasteiger partial charge >= 0.3 is 0 Å². The summed E-state index contributed by atoms with van der Waals surface area (Å²) in [5.41, 5.74) is 1.44. The van der Waals surface area contributed by atoms with E-state index in [1.54, 1.807) is 11.8 Å². The number of nitrogens with one attached hydrogen (secondary N) is 1. The van der Waals surface area contributed by atoms with Gasteiger partial charge in [0.25, 0.3) is 0 Å². The predicted molar refractivity (Wildman–Crippen MR) is 75.4 cm³/mol. The molecule has 0 aliphatic rings. The first-order chi connectivity index (χ1) is 7.90. The van der Waals surface area contributed by atoms with Crippen LogP contribution in [0.1, 0.15) is 33.3 Å². The summed E-state index contributed by atoms with van der Waals surface area (Å²) in [5.74, 6) is 0. The van der Waals surface area contributed by atoms with Crippen molar-refractivity contribution in [1.82, 2.24) is 5.32 Å². The summed E-state index contributed by atoms with van der Waals surface area (Å²) in [5, 5.41) is 12.7. The Bertz CT molecular complexity index is 329. The standard InChI is InChI=1S/C14H23NOS/c1-11(10-16)17-13-7-5-12(6-8-13)9-15-14(2,3)4/h5-8,11,15-16H,9-10H2,1-4H3. The molecule has 0 aromatic heterocycles. The molecule has 1 aromatic rings. The van der Waals surface area contributed by atoms with Crippen molar-refractivity contribution in [2.24, 2.45) is 0 Å². The average molecular weight is 253 g/mol. The summed E-state index contributed by atoms with van der Waals surface area (Å²) >= 11 is 1.71. The molecule has 17 heavy (non-hydrogen) atoms. The molecule has 0 aliphatic carbocycles. The molecule has 1 unspecified atom stereocenters. The third-order valence-corrected chi connectivity index (χ3v) is 3.44. The zero-order valence-corrected chi connectivity index (χ0v) is 12.0. The van der Waals surface area contributed by atoms with Crippen LogP contribution in [0, 0.1) is 0 Å². The maximum absolute atomic E-state index is 8.99. The zero-order chi connectivity index (χ0) is 12.9. The average Bonchev–Trinajstić information content (AvgIpc) is 2.27. The van der Waals surface area contributed by atoms with Crippen molar-refractivity contribution >= 4 is 11.8 Å². The number of rotatable bonds is 5. The van der Waals surface area contributed by atoms with Crippen LogP contribution < -0.4 is 5.32 Å². The highest BCUT2D eigenvalue weighted by atomic mass is 32.2. The summed E-state index contributed by atoms with van der Waals surface area (Å²) < 4.78 is 0. The van der Waals surface area contributed by atoms with E-state index >= 15 is 0 Å². The van der Waals surface area contributed by atoms with Crippen LogP contribution in [0.4, 0.5) is 0 Å². The highest BCUT2D eigenvalue weighted by molar-refractivity contribution is 8.00. The van der Waals surface area contributed by atoms with Crippen molar-refractivity contribution in [2.45, 2.75) is 49.9 Å². The van der Waals surface area contributed by atoms with Gasteiger partial charge in [-0.15, -0.1) is 11.8 Å². The summed E-state index contributed by atoms with van der Waals surface area (Å²) in [4.78, 5) is 1.21. The van der Waals surface area contributed by atoms with Gasteiger partial charge in [0.05, 0.1) is 6.61 Å². The molecule has 0 saturated heterocycles. The minimum atomic E-state index is 0.152. The van der Waals surface area contributed by atoms with Gasteiger partial charge in [-0.1, -0.05) is 19.1 Å². The first-order valence-electron chi connectivity index (χ1n) is 6.02. The van der Waals surface area contributed by atoms with Crippen molar-refractivity contribution in [3.05, 3.63) is 29.8 Å². The minimum Gasteiger partial charge on any atom is -0.395 e. The summed E-state index contributed by atoms with van der Waals surface area (Å²) in [7, 11) is 0. The predicted octanol–water partition coefficient (Wildman–Crippen LogP) is 3.05.